The van der Waals surface area contributed by atoms with Gasteiger partial charge in [0.1, 0.15) is 5.75 Å². The summed E-state index contributed by atoms with van der Waals surface area (Å²) in [5.74, 6) is 1.07. The lowest BCUT2D eigenvalue weighted by molar-refractivity contribution is -0.122. The molecule has 1 atom stereocenters. The van der Waals surface area contributed by atoms with Gasteiger partial charge in [-0.15, -0.1) is 0 Å². The van der Waals surface area contributed by atoms with E-state index in [9.17, 15) is 9.59 Å². The highest BCUT2D eigenvalue weighted by Gasteiger charge is 2.22. The second kappa shape index (κ2) is 9.64. The molecule has 0 aliphatic carbocycles. The molecule has 2 aromatic carbocycles. The van der Waals surface area contributed by atoms with E-state index in [4.69, 9.17) is 14.2 Å². The summed E-state index contributed by atoms with van der Waals surface area (Å²) >= 11 is 0. The smallest absolute Gasteiger partial charge is 0.257 e. The number of nitrogens with one attached hydrogen (secondary N) is 1. The maximum absolute atomic E-state index is 13.0. The average molecular weight is 386 g/mol. The van der Waals surface area contributed by atoms with E-state index in [1.807, 2.05) is 31.2 Å². The van der Waals surface area contributed by atoms with E-state index in [-0.39, 0.29) is 24.5 Å². The number of methoxy groups -OCH3 is 2. The van der Waals surface area contributed by atoms with Crippen LogP contribution in [0.3, 0.4) is 0 Å². The quantitative estimate of drug-likeness (QED) is 0.755. The summed E-state index contributed by atoms with van der Waals surface area (Å²) in [7, 11) is 6.36. The van der Waals surface area contributed by atoms with Gasteiger partial charge in [-0.1, -0.05) is 18.2 Å². The van der Waals surface area contributed by atoms with Crippen LogP contribution in [-0.2, 0) is 4.79 Å². The third-order valence-corrected chi connectivity index (χ3v) is 4.54. The van der Waals surface area contributed by atoms with E-state index < -0.39 is 0 Å². The van der Waals surface area contributed by atoms with Crippen LogP contribution in [0.5, 0.6) is 17.2 Å². The van der Waals surface area contributed by atoms with Crippen LogP contribution >= 0.6 is 0 Å². The monoisotopic (exact) mass is 386 g/mol. The maximum Gasteiger partial charge on any atom is 0.257 e. The fraction of sp³-hybridized carbons (Fsp3) is 0.333. The van der Waals surface area contributed by atoms with Crippen LogP contribution < -0.4 is 19.5 Å². The molecular formula is C21H26N2O5. The normalized spacial score (nSPS) is 11.3. The molecule has 0 radical (unpaired) electrons. The Morgan fingerprint density at radius 3 is 2.36 bits per heavy atom. The molecule has 150 valence electrons. The topological polar surface area (TPSA) is 77.1 Å². The maximum atomic E-state index is 13.0. The highest BCUT2D eigenvalue weighted by atomic mass is 16.5. The van der Waals surface area contributed by atoms with Crippen LogP contribution in [0.4, 0.5) is 0 Å². The first kappa shape index (κ1) is 21.1. The molecule has 0 aromatic heterocycles. The largest absolute Gasteiger partial charge is 0.496 e. The highest BCUT2D eigenvalue weighted by Crippen LogP contribution is 2.31. The van der Waals surface area contributed by atoms with Crippen LogP contribution in [0, 0.1) is 0 Å². The molecule has 7 nitrogen and oxygen atoms in total. The average Bonchev–Trinajstić information content (AvgIpc) is 2.75. The number of hydrogen-bond acceptors (Lipinski definition) is 5. The predicted molar refractivity (Wildman–Crippen MR) is 106 cm³/mol. The van der Waals surface area contributed by atoms with E-state index in [1.54, 1.807) is 37.3 Å². The molecule has 0 aliphatic heterocycles. The molecule has 0 aliphatic rings. The van der Waals surface area contributed by atoms with Crippen molar-refractivity contribution in [2.75, 3.05) is 34.9 Å². The van der Waals surface area contributed by atoms with Gasteiger partial charge in [-0.3, -0.25) is 9.59 Å². The zero-order valence-corrected chi connectivity index (χ0v) is 16.8. The molecule has 0 heterocycles. The molecule has 28 heavy (non-hydrogen) atoms. The van der Waals surface area contributed by atoms with Crippen molar-refractivity contribution in [3.8, 4) is 17.2 Å². The van der Waals surface area contributed by atoms with Gasteiger partial charge in [0.25, 0.3) is 11.8 Å². The minimum Gasteiger partial charge on any atom is -0.496 e. The molecular weight excluding hydrogens is 360 g/mol. The molecule has 1 N–H and O–H groups in total. The van der Waals surface area contributed by atoms with Crippen molar-refractivity contribution in [2.45, 2.75) is 13.0 Å². The first-order valence-corrected chi connectivity index (χ1v) is 8.84. The van der Waals surface area contributed by atoms with Gasteiger partial charge in [0, 0.05) is 25.2 Å². The minimum atomic E-state index is -0.257. The number of ether oxygens (including phenoxy) is 3. The highest BCUT2D eigenvalue weighted by molar-refractivity contribution is 5.95. The van der Waals surface area contributed by atoms with Crippen LogP contribution in [0.15, 0.2) is 42.5 Å². The van der Waals surface area contributed by atoms with Crippen LogP contribution in [-0.4, -0.2) is 51.6 Å². The molecule has 0 saturated heterocycles. The summed E-state index contributed by atoms with van der Waals surface area (Å²) in [6.45, 7) is 1.80. The fourth-order valence-corrected chi connectivity index (χ4v) is 2.74. The number of para-hydroxylation sites is 1. The molecule has 0 fully saturated rings. The third-order valence-electron chi connectivity index (χ3n) is 4.54. The SMILES string of the molecule is CNC(=O)COc1ccc(C(=O)N(C)C(C)c2ccccc2OC)cc1OC. The van der Waals surface area contributed by atoms with Crippen LogP contribution in [0.2, 0.25) is 0 Å². The summed E-state index contributed by atoms with van der Waals surface area (Å²) < 4.78 is 16.2. The van der Waals surface area contributed by atoms with E-state index >= 15 is 0 Å². The number of nitrogens with zero attached hydrogens (tertiary/aromatic N) is 1. The van der Waals surface area contributed by atoms with Crippen LogP contribution in [0.25, 0.3) is 0 Å². The number of amides is 2. The lowest BCUT2D eigenvalue weighted by Crippen LogP contribution is -2.30. The number of rotatable bonds is 8. The molecule has 0 saturated carbocycles. The van der Waals surface area contributed by atoms with E-state index in [2.05, 4.69) is 5.32 Å². The van der Waals surface area contributed by atoms with Crippen molar-refractivity contribution < 1.29 is 23.8 Å². The first-order chi connectivity index (χ1) is 13.4. The second-order valence-electron chi connectivity index (χ2n) is 6.16. The Balaban J connectivity index is 2.21. The van der Waals surface area contributed by atoms with Crippen molar-refractivity contribution in [1.82, 2.24) is 10.2 Å². The Bertz CT molecular complexity index is 837. The van der Waals surface area contributed by atoms with Gasteiger partial charge in [0.15, 0.2) is 18.1 Å². The standard InChI is InChI=1S/C21H26N2O5/c1-14(16-8-6-7-9-17(16)26-4)23(3)21(25)15-10-11-18(19(12-15)27-5)28-13-20(24)22-2/h6-12,14H,13H2,1-5H3,(H,22,24). The Morgan fingerprint density at radius 1 is 1.04 bits per heavy atom. The molecule has 0 bridgehead atoms. The number of carbonyl (C=O) groups is 2. The van der Waals surface area contributed by atoms with Gasteiger partial charge in [-0.25, -0.2) is 0 Å². The minimum absolute atomic E-state index is 0.134. The van der Waals surface area contributed by atoms with E-state index in [0.717, 1.165) is 11.3 Å². The number of benzene rings is 2. The van der Waals surface area contributed by atoms with Crippen LogP contribution in [0.1, 0.15) is 28.9 Å². The Hall–Kier alpha value is -3.22. The lowest BCUT2D eigenvalue weighted by atomic mass is 10.0. The molecule has 7 heteroatoms. The first-order valence-electron chi connectivity index (χ1n) is 8.84. The summed E-state index contributed by atoms with van der Waals surface area (Å²) in [6, 6.07) is 12.3. The molecule has 1 unspecified atom stereocenters. The van der Waals surface area contributed by atoms with Crippen molar-refractivity contribution in [1.29, 1.82) is 0 Å². The molecule has 2 rings (SSSR count). The number of likely N-dealkylation sites (N-methyl/N-ethyl adjacent to an activating group) is 1. The van der Waals surface area contributed by atoms with Crippen molar-refractivity contribution in [3.63, 3.8) is 0 Å². The van der Waals surface area contributed by atoms with Gasteiger partial charge in [-0.2, -0.15) is 0 Å². The Morgan fingerprint density at radius 2 is 1.71 bits per heavy atom. The zero-order chi connectivity index (χ0) is 20.7. The predicted octanol–water partition coefficient (Wildman–Crippen LogP) is 2.66. The Kier molecular flexibility index (Phi) is 7.26. The number of carbonyl (C=O) groups excluding carboxylic acids is 2. The molecule has 2 aromatic rings. The second-order valence-corrected chi connectivity index (χ2v) is 6.16. The van der Waals surface area contributed by atoms with Gasteiger partial charge >= 0.3 is 0 Å². The molecule has 0 spiro atoms. The van der Waals surface area contributed by atoms with Gasteiger partial charge < -0.3 is 24.4 Å². The van der Waals surface area contributed by atoms with E-state index in [0.29, 0.717) is 17.1 Å². The van der Waals surface area contributed by atoms with Crippen molar-refractivity contribution in [3.05, 3.63) is 53.6 Å². The third kappa shape index (κ3) is 4.73. The lowest BCUT2D eigenvalue weighted by Gasteiger charge is -2.27. The summed E-state index contributed by atoms with van der Waals surface area (Å²) in [4.78, 5) is 26.0. The van der Waals surface area contributed by atoms with E-state index in [1.165, 1.54) is 14.2 Å². The fourth-order valence-electron chi connectivity index (χ4n) is 2.74. The summed E-state index contributed by atoms with van der Waals surface area (Å²) in [5.41, 5.74) is 1.37. The molecule has 2 amide bonds. The Labute approximate surface area is 165 Å². The van der Waals surface area contributed by atoms with Crippen molar-refractivity contribution in [2.24, 2.45) is 0 Å². The zero-order valence-electron chi connectivity index (χ0n) is 16.8. The van der Waals surface area contributed by atoms with Gasteiger partial charge in [-0.05, 0) is 31.2 Å². The van der Waals surface area contributed by atoms with Gasteiger partial charge in [0.2, 0.25) is 0 Å². The summed E-state index contributed by atoms with van der Waals surface area (Å²) in [6.07, 6.45) is 0. The van der Waals surface area contributed by atoms with Crippen molar-refractivity contribution >= 4 is 11.8 Å². The summed E-state index contributed by atoms with van der Waals surface area (Å²) in [5, 5.41) is 2.48. The van der Waals surface area contributed by atoms with Gasteiger partial charge in [0.05, 0.1) is 20.3 Å². The number of hydrogen-bond donors (Lipinski definition) is 1.